The van der Waals surface area contributed by atoms with Crippen LogP contribution in [0.4, 0.5) is 13.2 Å². The van der Waals surface area contributed by atoms with Gasteiger partial charge in [0.1, 0.15) is 0 Å². The van der Waals surface area contributed by atoms with Crippen LogP contribution in [0, 0.1) is 17.8 Å². The van der Waals surface area contributed by atoms with Crippen molar-refractivity contribution < 1.29 is 18.0 Å². The molecule has 1 aromatic rings. The Labute approximate surface area is 116 Å². The summed E-state index contributed by atoms with van der Waals surface area (Å²) in [5.41, 5.74) is -0.297. The highest BCUT2D eigenvalue weighted by molar-refractivity contribution is 5.96. The Morgan fingerprint density at radius 2 is 1.80 bits per heavy atom. The number of carbonyl (C=O) groups is 1. The van der Waals surface area contributed by atoms with Gasteiger partial charge in [0.2, 0.25) is 0 Å². The van der Waals surface area contributed by atoms with Crippen LogP contribution in [0.5, 0.6) is 0 Å². The number of halogens is 3. The van der Waals surface area contributed by atoms with E-state index in [2.05, 4.69) is 0 Å². The van der Waals surface area contributed by atoms with Crippen LogP contribution in [0.1, 0.15) is 48.0 Å². The third-order valence-corrected chi connectivity index (χ3v) is 4.87. The van der Waals surface area contributed by atoms with Crippen molar-refractivity contribution in [3.05, 3.63) is 35.4 Å². The third-order valence-electron chi connectivity index (χ3n) is 4.87. The fourth-order valence-corrected chi connectivity index (χ4v) is 3.83. The minimum absolute atomic E-state index is 0.0173. The molecule has 0 radical (unpaired) electrons. The Bertz CT molecular complexity index is 503. The van der Waals surface area contributed by atoms with Crippen LogP contribution in [0.3, 0.4) is 0 Å². The van der Waals surface area contributed by atoms with Crippen LogP contribution in [0.25, 0.3) is 0 Å². The number of hydrogen-bond donors (Lipinski definition) is 0. The molecule has 0 aromatic heterocycles. The molecule has 1 nitrogen and oxygen atoms in total. The SMILES string of the molecule is O=C(CC1CC2CCC1C2)c1ccc(C(F)(F)F)cc1. The monoisotopic (exact) mass is 282 g/mol. The van der Waals surface area contributed by atoms with E-state index in [4.69, 9.17) is 0 Å². The molecule has 0 saturated heterocycles. The smallest absolute Gasteiger partial charge is 0.294 e. The maximum absolute atomic E-state index is 12.5. The molecule has 20 heavy (non-hydrogen) atoms. The van der Waals surface area contributed by atoms with E-state index in [9.17, 15) is 18.0 Å². The maximum atomic E-state index is 12.5. The second-order valence-corrected chi connectivity index (χ2v) is 6.14. The highest BCUT2D eigenvalue weighted by Gasteiger charge is 2.40. The summed E-state index contributed by atoms with van der Waals surface area (Å²) in [6, 6.07) is 4.60. The molecule has 0 amide bonds. The molecule has 2 aliphatic carbocycles. The zero-order valence-corrected chi connectivity index (χ0v) is 11.1. The number of benzene rings is 1. The van der Waals surface area contributed by atoms with Crippen molar-refractivity contribution in [3.63, 3.8) is 0 Å². The van der Waals surface area contributed by atoms with E-state index < -0.39 is 11.7 Å². The summed E-state index contributed by atoms with van der Waals surface area (Å²) in [6.07, 6.45) is 1.02. The number of carbonyl (C=O) groups excluding carboxylic acids is 1. The first-order valence-electron chi connectivity index (χ1n) is 7.14. The van der Waals surface area contributed by atoms with Gasteiger partial charge in [-0.3, -0.25) is 4.79 Å². The summed E-state index contributed by atoms with van der Waals surface area (Å²) in [7, 11) is 0. The summed E-state index contributed by atoms with van der Waals surface area (Å²) >= 11 is 0. The second kappa shape index (κ2) is 4.90. The molecule has 0 N–H and O–H groups in total. The minimum Gasteiger partial charge on any atom is -0.294 e. The Morgan fingerprint density at radius 1 is 1.10 bits per heavy atom. The fraction of sp³-hybridized carbons (Fsp3) is 0.562. The lowest BCUT2D eigenvalue weighted by Gasteiger charge is -2.20. The maximum Gasteiger partial charge on any atom is 0.416 e. The van der Waals surface area contributed by atoms with E-state index in [-0.39, 0.29) is 5.78 Å². The zero-order chi connectivity index (χ0) is 14.3. The van der Waals surface area contributed by atoms with Crippen LogP contribution in [-0.4, -0.2) is 5.78 Å². The van der Waals surface area contributed by atoms with Crippen LogP contribution in [0.15, 0.2) is 24.3 Å². The van der Waals surface area contributed by atoms with Crippen molar-refractivity contribution in [2.24, 2.45) is 17.8 Å². The van der Waals surface area contributed by atoms with Crippen LogP contribution < -0.4 is 0 Å². The highest BCUT2D eigenvalue weighted by Crippen LogP contribution is 2.49. The topological polar surface area (TPSA) is 17.1 Å². The van der Waals surface area contributed by atoms with Gasteiger partial charge in [-0.05, 0) is 49.1 Å². The summed E-state index contributed by atoms with van der Waals surface area (Å²) in [5, 5.41) is 0. The molecule has 3 unspecified atom stereocenters. The van der Waals surface area contributed by atoms with Gasteiger partial charge in [0, 0.05) is 12.0 Å². The third kappa shape index (κ3) is 2.60. The molecular weight excluding hydrogens is 265 g/mol. The van der Waals surface area contributed by atoms with Gasteiger partial charge < -0.3 is 0 Å². The van der Waals surface area contributed by atoms with Gasteiger partial charge >= 0.3 is 6.18 Å². The lowest BCUT2D eigenvalue weighted by Crippen LogP contribution is -2.15. The first-order chi connectivity index (χ1) is 9.43. The van der Waals surface area contributed by atoms with E-state index in [0.717, 1.165) is 24.5 Å². The Kier molecular flexibility index (Phi) is 3.35. The van der Waals surface area contributed by atoms with Gasteiger partial charge in [-0.15, -0.1) is 0 Å². The average Bonchev–Trinajstić information content (AvgIpc) is 3.00. The molecule has 0 heterocycles. The molecule has 2 saturated carbocycles. The molecule has 4 heteroatoms. The zero-order valence-electron chi connectivity index (χ0n) is 11.1. The van der Waals surface area contributed by atoms with Crippen LogP contribution in [0.2, 0.25) is 0 Å². The molecule has 0 spiro atoms. The predicted octanol–water partition coefficient (Wildman–Crippen LogP) is 4.71. The summed E-state index contributed by atoms with van der Waals surface area (Å²) in [4.78, 5) is 12.2. The number of hydrogen-bond acceptors (Lipinski definition) is 1. The summed E-state index contributed by atoms with van der Waals surface area (Å²) in [5.74, 6) is 1.88. The summed E-state index contributed by atoms with van der Waals surface area (Å²) in [6.45, 7) is 0. The van der Waals surface area contributed by atoms with Crippen molar-refractivity contribution in [1.29, 1.82) is 0 Å². The van der Waals surface area contributed by atoms with Crippen molar-refractivity contribution in [2.45, 2.75) is 38.3 Å². The summed E-state index contributed by atoms with van der Waals surface area (Å²) < 4.78 is 37.4. The van der Waals surface area contributed by atoms with E-state index in [1.165, 1.54) is 31.4 Å². The predicted molar refractivity (Wildman–Crippen MR) is 69.3 cm³/mol. The average molecular weight is 282 g/mol. The van der Waals surface area contributed by atoms with Gasteiger partial charge in [0.05, 0.1) is 5.56 Å². The number of Topliss-reactive ketones (excluding diaryl/α,β-unsaturated/α-hetero) is 1. The first kappa shape index (κ1) is 13.7. The van der Waals surface area contributed by atoms with E-state index in [1.54, 1.807) is 0 Å². The normalized spacial score (nSPS) is 28.9. The van der Waals surface area contributed by atoms with E-state index >= 15 is 0 Å². The van der Waals surface area contributed by atoms with Gasteiger partial charge in [0.25, 0.3) is 0 Å². The van der Waals surface area contributed by atoms with E-state index in [0.29, 0.717) is 23.8 Å². The van der Waals surface area contributed by atoms with Crippen molar-refractivity contribution in [2.75, 3.05) is 0 Å². The molecule has 108 valence electrons. The van der Waals surface area contributed by atoms with Crippen molar-refractivity contribution in [1.82, 2.24) is 0 Å². The largest absolute Gasteiger partial charge is 0.416 e. The van der Waals surface area contributed by atoms with E-state index in [1.807, 2.05) is 0 Å². The minimum atomic E-state index is -4.34. The lowest BCUT2D eigenvalue weighted by atomic mass is 9.84. The molecular formula is C16H17F3O. The molecule has 2 bridgehead atoms. The standard InChI is InChI=1S/C16H17F3O/c17-16(18,19)14-5-3-11(4-6-14)15(20)9-13-8-10-1-2-12(13)7-10/h3-6,10,12-13H,1-2,7-9H2. The quantitative estimate of drug-likeness (QED) is 0.733. The van der Waals surface area contributed by atoms with Gasteiger partial charge in [0.15, 0.2) is 5.78 Å². The Hall–Kier alpha value is -1.32. The number of fused-ring (bicyclic) bond motifs is 2. The molecule has 2 fully saturated rings. The number of rotatable bonds is 3. The molecule has 3 atom stereocenters. The Balaban J connectivity index is 1.65. The van der Waals surface area contributed by atoms with Crippen molar-refractivity contribution >= 4 is 5.78 Å². The molecule has 0 aliphatic heterocycles. The van der Waals surface area contributed by atoms with Gasteiger partial charge in [-0.25, -0.2) is 0 Å². The molecule has 2 aliphatic rings. The fourth-order valence-electron chi connectivity index (χ4n) is 3.83. The number of alkyl halides is 3. The van der Waals surface area contributed by atoms with Crippen LogP contribution in [-0.2, 0) is 6.18 Å². The highest BCUT2D eigenvalue weighted by atomic mass is 19.4. The number of ketones is 1. The molecule has 1 aromatic carbocycles. The van der Waals surface area contributed by atoms with Gasteiger partial charge in [-0.2, -0.15) is 13.2 Å². The van der Waals surface area contributed by atoms with Crippen molar-refractivity contribution in [3.8, 4) is 0 Å². The van der Waals surface area contributed by atoms with Crippen LogP contribution >= 0.6 is 0 Å². The molecule has 3 rings (SSSR count). The second-order valence-electron chi connectivity index (χ2n) is 6.14. The first-order valence-corrected chi connectivity index (χ1v) is 7.14. The van der Waals surface area contributed by atoms with Gasteiger partial charge in [-0.1, -0.05) is 18.6 Å². The Morgan fingerprint density at radius 3 is 2.30 bits per heavy atom. The lowest BCUT2D eigenvalue weighted by molar-refractivity contribution is -0.137.